The zero-order valence-corrected chi connectivity index (χ0v) is 26.9. The molecule has 44 heavy (non-hydrogen) atoms. The van der Waals surface area contributed by atoms with Gasteiger partial charge in [-0.15, -0.1) is 71.8 Å². The molecular formula is C39H31IrN2O2. The predicted octanol–water partition coefficient (Wildman–Crippen LogP) is 8.80. The standard InChI is InChI=1S/2C17H12N.C5H7O2.Ir/c2*1-3-7-14(8-4-1)16-11-12-18-17(13-16)15-9-5-2-6-10-15;1-4(6)3-5(2)7;/h2*1-9,11-13H;3H,1-2H3;/q3*-1;+3. The van der Waals surface area contributed by atoms with Gasteiger partial charge >= 0.3 is 20.1 Å². The van der Waals surface area contributed by atoms with E-state index in [2.05, 4.69) is 58.5 Å². The van der Waals surface area contributed by atoms with Gasteiger partial charge in [-0.1, -0.05) is 72.8 Å². The Bertz CT molecular complexity index is 1490. The fraction of sp³-hybridized carbons (Fsp3) is 0.0513. The molecule has 0 unspecified atom stereocenters. The zero-order valence-electron chi connectivity index (χ0n) is 24.5. The third-order valence-corrected chi connectivity index (χ3v) is 6.11. The molecule has 4 nitrogen and oxygen atoms in total. The molecule has 0 amide bonds. The van der Waals surface area contributed by atoms with Gasteiger partial charge in [0.1, 0.15) is 0 Å². The van der Waals surface area contributed by atoms with Gasteiger partial charge < -0.3 is 19.6 Å². The Morgan fingerprint density at radius 2 is 0.909 bits per heavy atom. The van der Waals surface area contributed by atoms with E-state index in [9.17, 15) is 9.59 Å². The Kier molecular flexibility index (Phi) is 13.6. The maximum Gasteiger partial charge on any atom is 3.00 e. The fourth-order valence-electron chi connectivity index (χ4n) is 4.17. The van der Waals surface area contributed by atoms with Crippen molar-refractivity contribution in [2.45, 2.75) is 13.8 Å². The van der Waals surface area contributed by atoms with Crippen LogP contribution in [-0.4, -0.2) is 21.5 Å². The number of carbonyl (C=O) groups is 2. The number of carbonyl (C=O) groups excluding carboxylic acids is 2. The summed E-state index contributed by atoms with van der Waals surface area (Å²) in [5.74, 6) is -0.375. The van der Waals surface area contributed by atoms with Crippen molar-refractivity contribution in [2.24, 2.45) is 0 Å². The van der Waals surface area contributed by atoms with Crippen LogP contribution in [0.2, 0.25) is 0 Å². The van der Waals surface area contributed by atoms with Crippen molar-refractivity contribution < 1.29 is 29.7 Å². The minimum atomic E-state index is -0.187. The molecule has 0 saturated carbocycles. The van der Waals surface area contributed by atoms with Crippen LogP contribution in [0.3, 0.4) is 0 Å². The summed E-state index contributed by atoms with van der Waals surface area (Å²) >= 11 is 0. The summed E-state index contributed by atoms with van der Waals surface area (Å²) in [5, 5.41) is 0. The second kappa shape index (κ2) is 17.9. The van der Waals surface area contributed by atoms with Crippen LogP contribution < -0.4 is 0 Å². The number of nitrogens with zero attached hydrogens (tertiary/aromatic N) is 2. The average Bonchev–Trinajstić information content (AvgIpc) is 3.06. The summed E-state index contributed by atoms with van der Waals surface area (Å²) in [6.07, 6.45) is 4.75. The van der Waals surface area contributed by atoms with Crippen LogP contribution in [0.4, 0.5) is 0 Å². The van der Waals surface area contributed by atoms with E-state index in [1.165, 1.54) is 36.1 Å². The van der Waals surface area contributed by atoms with Crippen LogP contribution in [0.15, 0.2) is 146 Å². The molecule has 0 aliphatic rings. The van der Waals surface area contributed by atoms with Crippen molar-refractivity contribution in [1.82, 2.24) is 9.97 Å². The smallest absolute Gasteiger partial charge is 0.334 e. The summed E-state index contributed by atoms with van der Waals surface area (Å²) in [4.78, 5) is 28.8. The van der Waals surface area contributed by atoms with E-state index in [1.807, 2.05) is 109 Å². The Hall–Kier alpha value is -4.96. The van der Waals surface area contributed by atoms with Gasteiger partial charge in [-0.3, -0.25) is 6.42 Å². The first kappa shape index (κ1) is 33.5. The van der Waals surface area contributed by atoms with E-state index >= 15 is 0 Å². The molecule has 2 aromatic heterocycles. The van der Waals surface area contributed by atoms with E-state index in [4.69, 9.17) is 0 Å². The molecule has 5 heteroatoms. The van der Waals surface area contributed by atoms with Crippen LogP contribution in [0, 0.1) is 18.6 Å². The zero-order chi connectivity index (χ0) is 30.3. The van der Waals surface area contributed by atoms with Gasteiger partial charge in [0.2, 0.25) is 0 Å². The van der Waals surface area contributed by atoms with Crippen molar-refractivity contribution in [1.29, 1.82) is 0 Å². The van der Waals surface area contributed by atoms with Gasteiger partial charge in [-0.25, -0.2) is 0 Å². The third-order valence-electron chi connectivity index (χ3n) is 6.11. The summed E-state index contributed by atoms with van der Waals surface area (Å²) in [6, 6.07) is 51.1. The van der Waals surface area contributed by atoms with Crippen LogP contribution in [-0.2, 0) is 29.7 Å². The third kappa shape index (κ3) is 10.7. The van der Waals surface area contributed by atoms with Crippen molar-refractivity contribution >= 4 is 11.6 Å². The number of pyridine rings is 2. The Morgan fingerprint density at radius 1 is 0.523 bits per heavy atom. The summed E-state index contributed by atoms with van der Waals surface area (Å²) in [7, 11) is 0. The molecule has 218 valence electrons. The van der Waals surface area contributed by atoms with E-state index in [0.29, 0.717) is 0 Å². The van der Waals surface area contributed by atoms with Crippen LogP contribution in [0.25, 0.3) is 44.8 Å². The molecule has 0 atom stereocenters. The molecule has 0 spiro atoms. The van der Waals surface area contributed by atoms with E-state index in [0.717, 1.165) is 28.9 Å². The van der Waals surface area contributed by atoms with Crippen LogP contribution in [0.1, 0.15) is 13.8 Å². The minimum absolute atomic E-state index is 0. The number of aromatic nitrogens is 2. The van der Waals surface area contributed by atoms with Crippen molar-refractivity contribution in [3.05, 3.63) is 164 Å². The molecule has 0 bridgehead atoms. The number of benzene rings is 4. The average molecular weight is 752 g/mol. The van der Waals surface area contributed by atoms with Gasteiger partial charge in [0, 0.05) is 24.0 Å². The van der Waals surface area contributed by atoms with Crippen molar-refractivity contribution in [3.8, 4) is 44.8 Å². The topological polar surface area (TPSA) is 59.9 Å². The molecule has 4 aromatic carbocycles. The fourth-order valence-corrected chi connectivity index (χ4v) is 4.17. The maximum absolute atomic E-state index is 9.98. The Morgan fingerprint density at radius 3 is 1.23 bits per heavy atom. The molecule has 0 aliphatic carbocycles. The van der Waals surface area contributed by atoms with Crippen molar-refractivity contribution in [3.63, 3.8) is 0 Å². The monoisotopic (exact) mass is 752 g/mol. The van der Waals surface area contributed by atoms with Crippen LogP contribution >= 0.6 is 0 Å². The first-order valence-electron chi connectivity index (χ1n) is 13.8. The second-order valence-electron chi connectivity index (χ2n) is 9.51. The molecule has 0 saturated heterocycles. The number of Topliss-reactive ketones (excluding diaryl/α,β-unsaturated/α-hetero) is 2. The largest absolute Gasteiger partial charge is 3.00 e. The van der Waals surface area contributed by atoms with Gasteiger partial charge in [0.15, 0.2) is 0 Å². The van der Waals surface area contributed by atoms with E-state index in [-0.39, 0.29) is 31.7 Å². The maximum atomic E-state index is 9.98. The predicted molar refractivity (Wildman–Crippen MR) is 174 cm³/mol. The molecule has 0 radical (unpaired) electrons. The Balaban J connectivity index is 0.000000196. The Labute approximate surface area is 273 Å². The molecular weight excluding hydrogens is 721 g/mol. The first-order valence-corrected chi connectivity index (χ1v) is 13.8. The van der Waals surface area contributed by atoms with Crippen molar-refractivity contribution in [2.75, 3.05) is 0 Å². The molecule has 0 fully saturated rings. The molecule has 0 aliphatic heterocycles. The summed E-state index contributed by atoms with van der Waals surface area (Å²) < 4.78 is 0. The quantitative estimate of drug-likeness (QED) is 0.126. The van der Waals surface area contributed by atoms with Gasteiger partial charge in [0.25, 0.3) is 0 Å². The first-order chi connectivity index (χ1) is 21.0. The summed E-state index contributed by atoms with van der Waals surface area (Å²) in [5.41, 5.74) is 8.73. The van der Waals surface area contributed by atoms with Gasteiger partial charge in [0.05, 0.1) is 0 Å². The normalized spacial score (nSPS) is 9.59. The number of ketones is 2. The molecule has 0 N–H and O–H groups in total. The molecule has 2 heterocycles. The van der Waals surface area contributed by atoms with E-state index in [1.54, 1.807) is 0 Å². The number of hydrogen-bond donors (Lipinski definition) is 0. The second-order valence-corrected chi connectivity index (χ2v) is 9.51. The summed E-state index contributed by atoms with van der Waals surface area (Å²) in [6.45, 7) is 2.70. The SMILES string of the molecule is CC(=O)[CH-]C(C)=O.[Ir+3].[c-]1ccccc1-c1cc(-c2ccccc2)ccn1.[c-]1ccccc1-c1cc(-c2ccccc2)ccn1. The number of rotatable bonds is 6. The van der Waals surface area contributed by atoms with Gasteiger partial charge in [-0.2, -0.15) is 0 Å². The minimum Gasteiger partial charge on any atom is -0.334 e. The van der Waals surface area contributed by atoms with Gasteiger partial charge in [-0.05, 0) is 59.6 Å². The van der Waals surface area contributed by atoms with E-state index < -0.39 is 0 Å². The molecule has 6 aromatic rings. The number of hydrogen-bond acceptors (Lipinski definition) is 4. The molecule has 6 rings (SSSR count). The van der Waals surface area contributed by atoms with Crippen LogP contribution in [0.5, 0.6) is 0 Å².